The Morgan fingerprint density at radius 2 is 0.800 bits per heavy atom. The van der Waals surface area contributed by atoms with E-state index in [2.05, 4.69) is 32.9 Å². The molecule has 0 aliphatic carbocycles. The summed E-state index contributed by atoms with van der Waals surface area (Å²) in [6, 6.07) is 0. The largest absolute Gasteiger partial charge is 0.374 e. The van der Waals surface area contributed by atoms with E-state index in [-0.39, 0.29) is 12.2 Å². The van der Waals surface area contributed by atoms with E-state index in [1.165, 1.54) is 0 Å². The SMILES string of the molecule is C=C(C)COC[C@H](OCC(=C)C)[C@@H](OCC(=C)C)[C@@H](COCC(=C)C)OCC(=C)C. The van der Waals surface area contributed by atoms with E-state index < -0.39 is 6.10 Å². The van der Waals surface area contributed by atoms with Crippen molar-refractivity contribution in [1.29, 1.82) is 0 Å². The first-order valence-corrected chi connectivity index (χ1v) is 10.2. The van der Waals surface area contributed by atoms with Gasteiger partial charge in [0, 0.05) is 0 Å². The highest BCUT2D eigenvalue weighted by atomic mass is 16.6. The van der Waals surface area contributed by atoms with E-state index in [4.69, 9.17) is 23.7 Å². The zero-order valence-corrected chi connectivity index (χ0v) is 19.8. The number of rotatable bonds is 19. The molecule has 172 valence electrons. The Morgan fingerprint density at radius 3 is 1.10 bits per heavy atom. The predicted molar refractivity (Wildman–Crippen MR) is 125 cm³/mol. The van der Waals surface area contributed by atoms with Gasteiger partial charge in [0.05, 0.1) is 46.2 Å². The van der Waals surface area contributed by atoms with Gasteiger partial charge in [0.25, 0.3) is 0 Å². The first-order chi connectivity index (χ1) is 14.0. The Balaban J connectivity index is 5.58. The zero-order chi connectivity index (χ0) is 23.1. The number of hydrogen-bond acceptors (Lipinski definition) is 5. The van der Waals surface area contributed by atoms with Crippen molar-refractivity contribution in [3.63, 3.8) is 0 Å². The van der Waals surface area contributed by atoms with Crippen LogP contribution in [-0.4, -0.2) is 64.6 Å². The minimum atomic E-state index is -0.435. The lowest BCUT2D eigenvalue weighted by Gasteiger charge is -2.34. The molecule has 0 aliphatic rings. The van der Waals surface area contributed by atoms with E-state index in [9.17, 15) is 0 Å². The van der Waals surface area contributed by atoms with Gasteiger partial charge in [-0.05, 0) is 34.6 Å². The fraction of sp³-hybridized carbons (Fsp3) is 0.600. The molecular formula is C25H42O5. The van der Waals surface area contributed by atoms with Gasteiger partial charge in [-0.25, -0.2) is 0 Å². The highest BCUT2D eigenvalue weighted by Crippen LogP contribution is 2.17. The summed E-state index contributed by atoms with van der Waals surface area (Å²) < 4.78 is 30.0. The average molecular weight is 423 g/mol. The molecule has 0 aliphatic heterocycles. The molecule has 0 fully saturated rings. The van der Waals surface area contributed by atoms with Crippen LogP contribution in [0.1, 0.15) is 34.6 Å². The fourth-order valence-corrected chi connectivity index (χ4v) is 2.37. The first kappa shape index (κ1) is 28.5. The summed E-state index contributed by atoms with van der Waals surface area (Å²) in [5.41, 5.74) is 4.61. The normalized spacial score (nSPS) is 14.0. The van der Waals surface area contributed by atoms with Crippen LogP contribution in [0.5, 0.6) is 0 Å². The van der Waals surface area contributed by atoms with Crippen molar-refractivity contribution in [3.05, 3.63) is 60.8 Å². The van der Waals surface area contributed by atoms with Crippen molar-refractivity contribution in [2.45, 2.75) is 52.9 Å². The molecule has 0 bridgehead atoms. The lowest BCUT2D eigenvalue weighted by atomic mass is 10.1. The van der Waals surface area contributed by atoms with E-state index in [0.717, 1.165) is 27.9 Å². The van der Waals surface area contributed by atoms with Gasteiger partial charge >= 0.3 is 0 Å². The number of hydrogen-bond donors (Lipinski definition) is 0. The van der Waals surface area contributed by atoms with Crippen LogP contribution in [0.2, 0.25) is 0 Å². The van der Waals surface area contributed by atoms with Crippen LogP contribution < -0.4 is 0 Å². The smallest absolute Gasteiger partial charge is 0.115 e. The van der Waals surface area contributed by atoms with Crippen molar-refractivity contribution in [2.75, 3.05) is 46.2 Å². The Labute approximate surface area is 184 Å². The zero-order valence-electron chi connectivity index (χ0n) is 19.8. The second-order valence-corrected chi connectivity index (χ2v) is 8.29. The number of ether oxygens (including phenoxy) is 5. The maximum absolute atomic E-state index is 6.19. The second kappa shape index (κ2) is 16.2. The molecule has 0 amide bonds. The summed E-state index contributed by atoms with van der Waals surface area (Å²) >= 11 is 0. The summed E-state index contributed by atoms with van der Waals surface area (Å²) in [6.45, 7) is 31.9. The van der Waals surface area contributed by atoms with Crippen LogP contribution in [0.15, 0.2) is 60.8 Å². The van der Waals surface area contributed by atoms with Crippen molar-refractivity contribution in [2.24, 2.45) is 0 Å². The third kappa shape index (κ3) is 15.4. The van der Waals surface area contributed by atoms with Crippen molar-refractivity contribution >= 4 is 0 Å². The molecule has 0 radical (unpaired) electrons. The minimum Gasteiger partial charge on any atom is -0.374 e. The van der Waals surface area contributed by atoms with E-state index in [1.54, 1.807) is 0 Å². The predicted octanol–water partition coefficient (Wildman–Crippen LogP) is 5.06. The monoisotopic (exact) mass is 422 g/mol. The molecular weight excluding hydrogens is 380 g/mol. The van der Waals surface area contributed by atoms with Gasteiger partial charge in [-0.1, -0.05) is 60.8 Å². The molecule has 0 aromatic carbocycles. The minimum absolute atomic E-state index is 0.328. The van der Waals surface area contributed by atoms with Crippen molar-refractivity contribution < 1.29 is 23.7 Å². The van der Waals surface area contributed by atoms with E-state index in [0.29, 0.717) is 46.2 Å². The van der Waals surface area contributed by atoms with Crippen LogP contribution in [0, 0.1) is 0 Å². The quantitative estimate of drug-likeness (QED) is 0.272. The van der Waals surface area contributed by atoms with Crippen molar-refractivity contribution in [1.82, 2.24) is 0 Å². The summed E-state index contributed by atoms with van der Waals surface area (Å²) in [5.74, 6) is 0. The van der Waals surface area contributed by atoms with Gasteiger partial charge < -0.3 is 23.7 Å². The molecule has 0 saturated heterocycles. The molecule has 3 atom stereocenters. The van der Waals surface area contributed by atoms with Gasteiger partial charge in [0.15, 0.2) is 0 Å². The Bertz CT molecular complexity index is 536. The molecule has 30 heavy (non-hydrogen) atoms. The Hall–Kier alpha value is -1.50. The fourth-order valence-electron chi connectivity index (χ4n) is 2.37. The summed E-state index contributed by atoms with van der Waals surface area (Å²) in [4.78, 5) is 0. The maximum atomic E-state index is 6.19. The standard InChI is InChI=1S/C25H42O5/c1-18(2)11-26-16-23(28-13-20(5)6)25(30-15-22(9)10)24(29-14-21(7)8)17-27-12-19(3)4/h23-25H,1,3,5,7,9,11-17H2,2,4,6,8,10H3/t23-,24+,25+. The lowest BCUT2D eigenvalue weighted by molar-refractivity contribution is -0.159. The van der Waals surface area contributed by atoms with Gasteiger partial charge in [0.1, 0.15) is 18.3 Å². The highest BCUT2D eigenvalue weighted by Gasteiger charge is 2.33. The maximum Gasteiger partial charge on any atom is 0.115 e. The molecule has 0 rings (SSSR count). The van der Waals surface area contributed by atoms with Crippen molar-refractivity contribution in [3.8, 4) is 0 Å². The first-order valence-electron chi connectivity index (χ1n) is 10.2. The van der Waals surface area contributed by atoms with Crippen LogP contribution in [0.4, 0.5) is 0 Å². The topological polar surface area (TPSA) is 46.2 Å². The lowest BCUT2D eigenvalue weighted by Crippen LogP contribution is -2.48. The Kier molecular flexibility index (Phi) is 15.4. The molecule has 5 heteroatoms. The molecule has 0 spiro atoms. The Morgan fingerprint density at radius 1 is 0.500 bits per heavy atom. The third-order valence-electron chi connectivity index (χ3n) is 3.60. The molecule has 0 saturated carbocycles. The van der Waals surface area contributed by atoms with Gasteiger partial charge in [0.2, 0.25) is 0 Å². The molecule has 0 unspecified atom stereocenters. The summed E-state index contributed by atoms with van der Waals surface area (Å²) in [5, 5.41) is 0. The van der Waals surface area contributed by atoms with Crippen LogP contribution in [-0.2, 0) is 23.7 Å². The molecule has 0 aromatic rings. The van der Waals surface area contributed by atoms with Gasteiger partial charge in [-0.2, -0.15) is 0 Å². The van der Waals surface area contributed by atoms with Crippen LogP contribution in [0.3, 0.4) is 0 Å². The third-order valence-corrected chi connectivity index (χ3v) is 3.60. The van der Waals surface area contributed by atoms with Gasteiger partial charge in [-0.15, -0.1) is 0 Å². The summed E-state index contributed by atoms with van der Waals surface area (Å²) in [6.07, 6.45) is -1.21. The summed E-state index contributed by atoms with van der Waals surface area (Å²) in [7, 11) is 0. The van der Waals surface area contributed by atoms with E-state index >= 15 is 0 Å². The molecule has 5 nitrogen and oxygen atoms in total. The van der Waals surface area contributed by atoms with Crippen LogP contribution in [0.25, 0.3) is 0 Å². The van der Waals surface area contributed by atoms with E-state index in [1.807, 2.05) is 34.6 Å². The highest BCUT2D eigenvalue weighted by molar-refractivity contribution is 4.94. The molecule has 0 N–H and O–H groups in total. The molecule has 0 aromatic heterocycles. The van der Waals surface area contributed by atoms with Crippen LogP contribution >= 0.6 is 0 Å². The molecule has 0 heterocycles. The second-order valence-electron chi connectivity index (χ2n) is 8.29. The van der Waals surface area contributed by atoms with Gasteiger partial charge in [-0.3, -0.25) is 0 Å². The average Bonchev–Trinajstić information content (AvgIpc) is 2.61.